The minimum Gasteiger partial charge on any atom is -0.462 e. The number of ether oxygens (including phenoxy) is 2. The van der Waals surface area contributed by atoms with Crippen LogP contribution in [0.3, 0.4) is 0 Å². The Labute approximate surface area is 124 Å². The number of phosphoric acid groups is 1. The van der Waals surface area contributed by atoms with Crippen molar-refractivity contribution in [3.05, 3.63) is 0 Å². The molecule has 1 N–H and O–H groups in total. The van der Waals surface area contributed by atoms with Crippen LogP contribution in [-0.2, 0) is 32.7 Å². The van der Waals surface area contributed by atoms with E-state index in [1.54, 1.807) is 13.8 Å². The normalized spacial score (nSPS) is 15.0. The Balaban J connectivity index is 4.45. The highest BCUT2D eigenvalue weighted by molar-refractivity contribution is 7.47. The number of phosphoric ester groups is 1. The van der Waals surface area contributed by atoms with E-state index >= 15 is 0 Å². The monoisotopic (exact) mass is 326 g/mol. The first-order valence-electron chi connectivity index (χ1n) is 6.81. The molecule has 9 heteroatoms. The summed E-state index contributed by atoms with van der Waals surface area (Å²) in [4.78, 5) is 31.8. The summed E-state index contributed by atoms with van der Waals surface area (Å²) in [7, 11) is -4.19. The van der Waals surface area contributed by atoms with Gasteiger partial charge in [-0.2, -0.15) is 0 Å². The number of carbonyl (C=O) groups excluding carboxylic acids is 2. The molecule has 0 fully saturated rings. The Morgan fingerprint density at radius 2 is 1.76 bits per heavy atom. The Bertz CT molecular complexity index is 370. The van der Waals surface area contributed by atoms with E-state index in [1.807, 2.05) is 0 Å². The van der Waals surface area contributed by atoms with Crippen molar-refractivity contribution >= 4 is 19.8 Å². The minimum atomic E-state index is -4.19. The summed E-state index contributed by atoms with van der Waals surface area (Å²) in [6, 6.07) is 0. The molecule has 0 saturated carbocycles. The van der Waals surface area contributed by atoms with Crippen LogP contribution in [0, 0.1) is 0 Å². The first-order valence-corrected chi connectivity index (χ1v) is 8.31. The SMILES string of the molecule is CCCC(=O)O[C@H](COC(=O)CC)COP(=O)(O)OCC. The molecule has 0 aromatic rings. The predicted octanol–water partition coefficient (Wildman–Crippen LogP) is 1.80. The fraction of sp³-hybridized carbons (Fsp3) is 0.833. The van der Waals surface area contributed by atoms with Gasteiger partial charge in [-0.15, -0.1) is 0 Å². The zero-order valence-corrected chi connectivity index (χ0v) is 13.5. The molecule has 0 aliphatic rings. The summed E-state index contributed by atoms with van der Waals surface area (Å²) in [5.74, 6) is -0.966. The van der Waals surface area contributed by atoms with E-state index < -0.39 is 32.5 Å². The molecule has 1 unspecified atom stereocenters. The minimum absolute atomic E-state index is 0.00110. The molecular weight excluding hydrogens is 303 g/mol. The van der Waals surface area contributed by atoms with E-state index in [0.717, 1.165) is 0 Å². The molecular formula is C12H23O8P. The van der Waals surface area contributed by atoms with Crippen LogP contribution in [0.15, 0.2) is 0 Å². The van der Waals surface area contributed by atoms with Crippen molar-refractivity contribution in [3.63, 3.8) is 0 Å². The van der Waals surface area contributed by atoms with Crippen molar-refractivity contribution in [3.8, 4) is 0 Å². The maximum atomic E-state index is 11.4. The van der Waals surface area contributed by atoms with Crippen molar-refractivity contribution in [2.75, 3.05) is 19.8 Å². The average molecular weight is 326 g/mol. The van der Waals surface area contributed by atoms with Gasteiger partial charge in [-0.05, 0) is 13.3 Å². The van der Waals surface area contributed by atoms with Crippen LogP contribution >= 0.6 is 7.82 Å². The maximum Gasteiger partial charge on any atom is 0.472 e. The summed E-state index contributed by atoms with van der Waals surface area (Å²) in [6.45, 7) is 4.32. The molecule has 0 heterocycles. The zero-order chi connectivity index (χ0) is 16.3. The highest BCUT2D eigenvalue weighted by atomic mass is 31.2. The Morgan fingerprint density at radius 3 is 2.29 bits per heavy atom. The third kappa shape index (κ3) is 10.4. The molecule has 0 aliphatic heterocycles. The first-order chi connectivity index (χ1) is 9.84. The van der Waals surface area contributed by atoms with E-state index in [2.05, 4.69) is 4.52 Å². The zero-order valence-electron chi connectivity index (χ0n) is 12.6. The Morgan fingerprint density at radius 1 is 1.10 bits per heavy atom. The van der Waals surface area contributed by atoms with E-state index in [4.69, 9.17) is 14.0 Å². The largest absolute Gasteiger partial charge is 0.472 e. The molecule has 0 aliphatic carbocycles. The smallest absolute Gasteiger partial charge is 0.462 e. The van der Waals surface area contributed by atoms with Crippen molar-refractivity contribution in [2.24, 2.45) is 0 Å². The van der Waals surface area contributed by atoms with Crippen molar-refractivity contribution in [2.45, 2.75) is 46.1 Å². The van der Waals surface area contributed by atoms with Gasteiger partial charge in [0, 0.05) is 12.8 Å². The molecule has 0 radical (unpaired) electrons. The quantitative estimate of drug-likeness (QED) is 0.452. The number of hydrogen-bond acceptors (Lipinski definition) is 7. The van der Waals surface area contributed by atoms with Crippen LogP contribution in [-0.4, -0.2) is 42.8 Å². The second-order valence-electron chi connectivity index (χ2n) is 4.08. The summed E-state index contributed by atoms with van der Waals surface area (Å²) in [6.07, 6.45) is 0.00738. The van der Waals surface area contributed by atoms with Crippen LogP contribution < -0.4 is 0 Å². The summed E-state index contributed by atoms with van der Waals surface area (Å²) in [5.41, 5.74) is 0. The highest BCUT2D eigenvalue weighted by Gasteiger charge is 2.25. The Hall–Kier alpha value is -0.950. The van der Waals surface area contributed by atoms with Crippen LogP contribution in [0.4, 0.5) is 0 Å². The van der Waals surface area contributed by atoms with Gasteiger partial charge in [0.15, 0.2) is 6.10 Å². The number of esters is 2. The molecule has 8 nitrogen and oxygen atoms in total. The van der Waals surface area contributed by atoms with Crippen LogP contribution in [0.25, 0.3) is 0 Å². The van der Waals surface area contributed by atoms with Gasteiger partial charge in [-0.1, -0.05) is 13.8 Å². The molecule has 0 aromatic heterocycles. The third-order valence-corrected chi connectivity index (χ3v) is 3.25. The summed E-state index contributed by atoms with van der Waals surface area (Å²) >= 11 is 0. The fourth-order valence-electron chi connectivity index (χ4n) is 1.23. The number of rotatable bonds is 11. The molecule has 0 amide bonds. The van der Waals surface area contributed by atoms with E-state index in [-0.39, 0.29) is 26.1 Å². The van der Waals surface area contributed by atoms with Gasteiger partial charge in [0.2, 0.25) is 0 Å². The third-order valence-electron chi connectivity index (χ3n) is 2.19. The van der Waals surface area contributed by atoms with E-state index in [0.29, 0.717) is 6.42 Å². The van der Waals surface area contributed by atoms with Crippen LogP contribution in [0.5, 0.6) is 0 Å². The lowest BCUT2D eigenvalue weighted by atomic mass is 10.3. The fourth-order valence-corrected chi connectivity index (χ4v) is 1.99. The van der Waals surface area contributed by atoms with Gasteiger partial charge >= 0.3 is 19.8 Å². The summed E-state index contributed by atoms with van der Waals surface area (Å²) < 4.78 is 30.5. The first kappa shape index (κ1) is 20.1. The van der Waals surface area contributed by atoms with Crippen molar-refractivity contribution in [1.29, 1.82) is 0 Å². The van der Waals surface area contributed by atoms with E-state index in [9.17, 15) is 19.0 Å². The molecule has 0 aromatic carbocycles. The molecule has 21 heavy (non-hydrogen) atoms. The molecule has 2 atom stereocenters. The van der Waals surface area contributed by atoms with E-state index in [1.165, 1.54) is 6.92 Å². The highest BCUT2D eigenvalue weighted by Crippen LogP contribution is 2.43. The lowest BCUT2D eigenvalue weighted by Gasteiger charge is -2.19. The lowest BCUT2D eigenvalue weighted by molar-refractivity contribution is -0.161. The van der Waals surface area contributed by atoms with Gasteiger partial charge in [-0.3, -0.25) is 18.6 Å². The Kier molecular flexibility index (Phi) is 10.2. The number of carbonyl (C=O) groups is 2. The molecule has 124 valence electrons. The standard InChI is InChI=1S/C12H23O8P/c1-4-7-12(14)20-10(8-17-11(13)5-2)9-19-21(15,16)18-6-3/h10H,4-9H2,1-3H3,(H,15,16)/t10-/m1/s1. The van der Waals surface area contributed by atoms with Gasteiger partial charge in [0.1, 0.15) is 6.61 Å². The predicted molar refractivity (Wildman–Crippen MR) is 73.4 cm³/mol. The van der Waals surface area contributed by atoms with Crippen molar-refractivity contribution < 1.29 is 37.6 Å². The van der Waals surface area contributed by atoms with Crippen LogP contribution in [0.1, 0.15) is 40.0 Å². The average Bonchev–Trinajstić information content (AvgIpc) is 2.41. The van der Waals surface area contributed by atoms with Gasteiger partial charge in [0.05, 0.1) is 13.2 Å². The van der Waals surface area contributed by atoms with Crippen LogP contribution in [0.2, 0.25) is 0 Å². The second-order valence-corrected chi connectivity index (χ2v) is 5.53. The second kappa shape index (κ2) is 10.7. The van der Waals surface area contributed by atoms with Crippen molar-refractivity contribution in [1.82, 2.24) is 0 Å². The maximum absolute atomic E-state index is 11.4. The summed E-state index contributed by atoms with van der Waals surface area (Å²) in [5, 5.41) is 0. The molecule has 0 bridgehead atoms. The van der Waals surface area contributed by atoms with Gasteiger partial charge in [0.25, 0.3) is 0 Å². The van der Waals surface area contributed by atoms with Gasteiger partial charge < -0.3 is 14.4 Å². The number of hydrogen-bond donors (Lipinski definition) is 1. The topological polar surface area (TPSA) is 108 Å². The molecule has 0 saturated heterocycles. The molecule has 0 spiro atoms. The lowest BCUT2D eigenvalue weighted by Crippen LogP contribution is -2.29. The van der Waals surface area contributed by atoms with Gasteiger partial charge in [-0.25, -0.2) is 4.57 Å². The molecule has 0 rings (SSSR count).